The highest BCUT2D eigenvalue weighted by Gasteiger charge is 2.04. The fourth-order valence-corrected chi connectivity index (χ4v) is 1.63. The van der Waals surface area contributed by atoms with Gasteiger partial charge >= 0.3 is 0 Å². The molecule has 0 atom stereocenters. The predicted molar refractivity (Wildman–Crippen MR) is 79.3 cm³/mol. The molecule has 0 saturated carbocycles. The van der Waals surface area contributed by atoms with Gasteiger partial charge in [-0.05, 0) is 47.5 Å². The molecule has 0 fully saturated rings. The van der Waals surface area contributed by atoms with Crippen molar-refractivity contribution in [1.29, 1.82) is 0 Å². The Bertz CT molecular complexity index is 267. The van der Waals surface area contributed by atoms with Crippen molar-refractivity contribution in [3.63, 3.8) is 0 Å². The Hall–Kier alpha value is -0.820. The highest BCUT2D eigenvalue weighted by atomic mass is 15.1. The Labute approximate surface area is 108 Å². The molecule has 0 heterocycles. The Morgan fingerprint density at radius 2 is 1.76 bits per heavy atom. The van der Waals surface area contributed by atoms with E-state index in [1.165, 1.54) is 17.6 Å². The second-order valence-electron chi connectivity index (χ2n) is 5.21. The Kier molecular flexibility index (Phi) is 8.79. The van der Waals surface area contributed by atoms with E-state index in [4.69, 9.17) is 0 Å². The lowest BCUT2D eigenvalue weighted by Gasteiger charge is -2.23. The first-order chi connectivity index (χ1) is 7.97. The van der Waals surface area contributed by atoms with Crippen LogP contribution in [0, 0.1) is 0 Å². The van der Waals surface area contributed by atoms with E-state index < -0.39 is 0 Å². The van der Waals surface area contributed by atoms with Crippen molar-refractivity contribution in [3.8, 4) is 0 Å². The molecule has 0 aliphatic rings. The molecule has 0 aliphatic heterocycles. The Morgan fingerprint density at radius 3 is 2.24 bits per heavy atom. The minimum absolute atomic E-state index is 0.579. The van der Waals surface area contributed by atoms with E-state index in [2.05, 4.69) is 58.2 Å². The molecule has 0 radical (unpaired) electrons. The van der Waals surface area contributed by atoms with Crippen molar-refractivity contribution in [2.75, 3.05) is 13.1 Å². The summed E-state index contributed by atoms with van der Waals surface area (Å²) >= 11 is 0. The van der Waals surface area contributed by atoms with E-state index in [1.54, 1.807) is 0 Å². The number of allylic oxidation sites excluding steroid dienone is 3. The summed E-state index contributed by atoms with van der Waals surface area (Å²) in [5, 5.41) is 0. The van der Waals surface area contributed by atoms with E-state index in [1.807, 2.05) is 6.08 Å². The number of rotatable bonds is 8. The lowest BCUT2D eigenvalue weighted by atomic mass is 10.1. The van der Waals surface area contributed by atoms with Crippen LogP contribution in [0.4, 0.5) is 0 Å². The monoisotopic (exact) mass is 235 g/mol. The fraction of sp³-hybridized carbons (Fsp3) is 0.625. The zero-order chi connectivity index (χ0) is 13.3. The zero-order valence-corrected chi connectivity index (χ0v) is 12.3. The molecule has 0 aliphatic carbocycles. The van der Waals surface area contributed by atoms with Crippen molar-refractivity contribution >= 4 is 0 Å². The Balaban J connectivity index is 4.10. The minimum Gasteiger partial charge on any atom is -0.294 e. The van der Waals surface area contributed by atoms with E-state index >= 15 is 0 Å². The standard InChI is InChI=1S/C16H29N/c1-7-12-17(15(4)5)13-11-16(6)10-8-9-14(2)3/h7,9,11,15H,1,8,10,12-13H2,2-6H3/b16-11+. The lowest BCUT2D eigenvalue weighted by molar-refractivity contribution is 0.272. The molecular weight excluding hydrogens is 206 g/mol. The summed E-state index contributed by atoms with van der Waals surface area (Å²) in [7, 11) is 0. The molecule has 0 unspecified atom stereocenters. The van der Waals surface area contributed by atoms with Crippen LogP contribution >= 0.6 is 0 Å². The molecule has 98 valence electrons. The van der Waals surface area contributed by atoms with Gasteiger partial charge in [-0.3, -0.25) is 4.90 Å². The van der Waals surface area contributed by atoms with Crippen LogP contribution in [0.5, 0.6) is 0 Å². The summed E-state index contributed by atoms with van der Waals surface area (Å²) in [4.78, 5) is 2.41. The summed E-state index contributed by atoms with van der Waals surface area (Å²) in [5.41, 5.74) is 2.89. The maximum Gasteiger partial charge on any atom is 0.0171 e. The van der Waals surface area contributed by atoms with Crippen molar-refractivity contribution < 1.29 is 0 Å². The fourth-order valence-electron chi connectivity index (χ4n) is 1.63. The van der Waals surface area contributed by atoms with Crippen LogP contribution in [0.3, 0.4) is 0 Å². The number of hydrogen-bond donors (Lipinski definition) is 0. The van der Waals surface area contributed by atoms with Crippen molar-refractivity contribution in [1.82, 2.24) is 4.90 Å². The third-order valence-electron chi connectivity index (χ3n) is 2.86. The SMILES string of the molecule is C=CCN(C/C=C(\C)CCC=C(C)C)C(C)C. The molecule has 17 heavy (non-hydrogen) atoms. The average molecular weight is 235 g/mol. The van der Waals surface area contributed by atoms with Crippen molar-refractivity contribution in [3.05, 3.63) is 36.0 Å². The van der Waals surface area contributed by atoms with Crippen LogP contribution in [0.25, 0.3) is 0 Å². The quantitative estimate of drug-likeness (QED) is 0.557. The minimum atomic E-state index is 0.579. The first kappa shape index (κ1) is 16.2. The smallest absolute Gasteiger partial charge is 0.0171 e. The number of hydrogen-bond acceptors (Lipinski definition) is 1. The van der Waals surface area contributed by atoms with Crippen LogP contribution in [-0.2, 0) is 0 Å². The second-order valence-corrected chi connectivity index (χ2v) is 5.21. The number of nitrogens with zero attached hydrogens (tertiary/aromatic N) is 1. The highest BCUT2D eigenvalue weighted by molar-refractivity contribution is 5.03. The normalized spacial score (nSPS) is 12.1. The third-order valence-corrected chi connectivity index (χ3v) is 2.86. The highest BCUT2D eigenvalue weighted by Crippen LogP contribution is 2.08. The summed E-state index contributed by atoms with van der Waals surface area (Å²) in [6.07, 6.45) is 8.97. The zero-order valence-electron chi connectivity index (χ0n) is 12.3. The van der Waals surface area contributed by atoms with Crippen molar-refractivity contribution in [2.45, 2.75) is 53.5 Å². The average Bonchev–Trinajstić information content (AvgIpc) is 2.23. The van der Waals surface area contributed by atoms with E-state index in [0.29, 0.717) is 6.04 Å². The second kappa shape index (κ2) is 9.23. The van der Waals surface area contributed by atoms with Gasteiger partial charge in [0, 0.05) is 19.1 Å². The van der Waals surface area contributed by atoms with Gasteiger partial charge in [-0.1, -0.05) is 29.4 Å². The van der Waals surface area contributed by atoms with Crippen LogP contribution in [0.1, 0.15) is 47.5 Å². The predicted octanol–water partition coefficient (Wildman–Crippen LogP) is 4.58. The molecule has 0 aromatic carbocycles. The molecular formula is C16H29N. The maximum absolute atomic E-state index is 3.81. The van der Waals surface area contributed by atoms with Gasteiger partial charge in [0.25, 0.3) is 0 Å². The molecule has 0 rings (SSSR count). The maximum atomic E-state index is 3.81. The van der Waals surface area contributed by atoms with Crippen LogP contribution in [-0.4, -0.2) is 24.0 Å². The van der Waals surface area contributed by atoms with E-state index in [-0.39, 0.29) is 0 Å². The molecule has 0 saturated heterocycles. The molecule has 0 N–H and O–H groups in total. The molecule has 1 heteroatoms. The third kappa shape index (κ3) is 8.93. The summed E-state index contributed by atoms with van der Waals surface area (Å²) in [6, 6.07) is 0.579. The first-order valence-corrected chi connectivity index (χ1v) is 6.61. The molecule has 0 spiro atoms. The van der Waals surface area contributed by atoms with Gasteiger partial charge < -0.3 is 0 Å². The van der Waals surface area contributed by atoms with E-state index in [9.17, 15) is 0 Å². The van der Waals surface area contributed by atoms with Gasteiger partial charge in [0.15, 0.2) is 0 Å². The van der Waals surface area contributed by atoms with Gasteiger partial charge in [0.2, 0.25) is 0 Å². The largest absolute Gasteiger partial charge is 0.294 e. The van der Waals surface area contributed by atoms with Crippen LogP contribution < -0.4 is 0 Å². The van der Waals surface area contributed by atoms with E-state index in [0.717, 1.165) is 19.5 Å². The summed E-state index contributed by atoms with van der Waals surface area (Å²) in [5.74, 6) is 0. The van der Waals surface area contributed by atoms with Gasteiger partial charge in [-0.25, -0.2) is 0 Å². The lowest BCUT2D eigenvalue weighted by Crippen LogP contribution is -2.31. The van der Waals surface area contributed by atoms with Gasteiger partial charge in [0.05, 0.1) is 0 Å². The van der Waals surface area contributed by atoms with Gasteiger partial charge in [-0.2, -0.15) is 0 Å². The molecule has 1 nitrogen and oxygen atoms in total. The van der Waals surface area contributed by atoms with Crippen molar-refractivity contribution in [2.24, 2.45) is 0 Å². The topological polar surface area (TPSA) is 3.24 Å². The molecule has 0 amide bonds. The summed E-state index contributed by atoms with van der Waals surface area (Å²) in [6.45, 7) is 16.8. The van der Waals surface area contributed by atoms with Crippen LogP contribution in [0.15, 0.2) is 36.0 Å². The molecule has 0 aromatic heterocycles. The molecule has 0 aromatic rings. The van der Waals surface area contributed by atoms with Gasteiger partial charge in [0.1, 0.15) is 0 Å². The van der Waals surface area contributed by atoms with Crippen LogP contribution in [0.2, 0.25) is 0 Å². The summed E-state index contributed by atoms with van der Waals surface area (Å²) < 4.78 is 0. The first-order valence-electron chi connectivity index (χ1n) is 6.61. The Morgan fingerprint density at radius 1 is 1.12 bits per heavy atom. The molecule has 0 bridgehead atoms. The van der Waals surface area contributed by atoms with Gasteiger partial charge in [-0.15, -0.1) is 6.58 Å².